The van der Waals surface area contributed by atoms with Crippen LogP contribution < -0.4 is 9.47 Å². The molecule has 4 heteroatoms. The number of methoxy groups -OCH3 is 2. The summed E-state index contributed by atoms with van der Waals surface area (Å²) in [5, 5.41) is 0. The second kappa shape index (κ2) is 5.18. The summed E-state index contributed by atoms with van der Waals surface area (Å²) >= 11 is 0. The van der Waals surface area contributed by atoms with Gasteiger partial charge in [-0.05, 0) is 36.8 Å². The highest BCUT2D eigenvalue weighted by Gasteiger charge is 2.26. The molecule has 1 aliphatic rings. The van der Waals surface area contributed by atoms with Gasteiger partial charge in [0, 0.05) is 6.08 Å². The van der Waals surface area contributed by atoms with Crippen molar-refractivity contribution in [3.63, 3.8) is 0 Å². The van der Waals surface area contributed by atoms with E-state index in [1.54, 1.807) is 20.3 Å². The second-order valence-corrected chi connectivity index (χ2v) is 4.39. The Kier molecular flexibility index (Phi) is 3.60. The zero-order valence-electron chi connectivity index (χ0n) is 11.2. The van der Waals surface area contributed by atoms with E-state index >= 15 is 0 Å². The second-order valence-electron chi connectivity index (χ2n) is 4.39. The fraction of sp³-hybridized carbons (Fsp3) is 0.267. The van der Waals surface area contributed by atoms with E-state index in [0.717, 1.165) is 5.56 Å². The van der Waals surface area contributed by atoms with E-state index in [9.17, 15) is 4.79 Å². The molecular formula is C15H16O4. The summed E-state index contributed by atoms with van der Waals surface area (Å²) in [6, 6.07) is 5.60. The number of hydrogen-bond acceptors (Lipinski definition) is 4. The van der Waals surface area contributed by atoms with Crippen LogP contribution in [0.2, 0.25) is 0 Å². The van der Waals surface area contributed by atoms with Crippen LogP contribution in [0.1, 0.15) is 12.5 Å². The highest BCUT2D eigenvalue weighted by Crippen LogP contribution is 2.29. The van der Waals surface area contributed by atoms with E-state index < -0.39 is 5.60 Å². The van der Waals surface area contributed by atoms with Crippen molar-refractivity contribution in [1.29, 1.82) is 0 Å². The van der Waals surface area contributed by atoms with Gasteiger partial charge in [-0.2, -0.15) is 0 Å². The largest absolute Gasteiger partial charge is 0.493 e. The van der Waals surface area contributed by atoms with Crippen molar-refractivity contribution in [3.8, 4) is 11.5 Å². The van der Waals surface area contributed by atoms with E-state index in [4.69, 9.17) is 14.2 Å². The minimum absolute atomic E-state index is 0.320. The highest BCUT2D eigenvalue weighted by molar-refractivity contribution is 5.85. The molecule has 19 heavy (non-hydrogen) atoms. The maximum atomic E-state index is 11.1. The Hall–Kier alpha value is -2.23. The number of carbonyl (C=O) groups excluding carboxylic acids is 1. The molecule has 0 aromatic heterocycles. The first-order valence-electron chi connectivity index (χ1n) is 5.90. The number of ether oxygens (including phenoxy) is 3. The predicted octanol–water partition coefficient (Wildman–Crippen LogP) is 2.59. The van der Waals surface area contributed by atoms with E-state index in [-0.39, 0.29) is 5.97 Å². The molecule has 1 heterocycles. The molecule has 1 unspecified atom stereocenters. The molecule has 1 atom stereocenters. The standard InChI is InChI=1S/C15H16O4/c1-15(9-7-14(16)19-15)8-6-11-4-5-12(17-2)13(10-11)18-3/h4-10H,1-3H3/b8-6+. The van der Waals surface area contributed by atoms with Crippen molar-refractivity contribution in [1.82, 2.24) is 0 Å². The minimum atomic E-state index is -0.676. The zero-order valence-corrected chi connectivity index (χ0v) is 11.2. The van der Waals surface area contributed by atoms with Crippen LogP contribution in [0.25, 0.3) is 6.08 Å². The fourth-order valence-corrected chi connectivity index (χ4v) is 1.83. The molecule has 100 valence electrons. The molecule has 0 saturated carbocycles. The molecule has 0 spiro atoms. The van der Waals surface area contributed by atoms with E-state index in [2.05, 4.69) is 0 Å². The Morgan fingerprint density at radius 3 is 2.53 bits per heavy atom. The van der Waals surface area contributed by atoms with Gasteiger partial charge in [0.2, 0.25) is 0 Å². The topological polar surface area (TPSA) is 44.8 Å². The molecule has 1 aliphatic heterocycles. The van der Waals surface area contributed by atoms with Gasteiger partial charge < -0.3 is 14.2 Å². The third-order valence-corrected chi connectivity index (χ3v) is 2.89. The number of cyclic esters (lactones) is 1. The first kappa shape index (κ1) is 13.2. The summed E-state index contributed by atoms with van der Waals surface area (Å²) in [6.45, 7) is 1.83. The minimum Gasteiger partial charge on any atom is -0.493 e. The van der Waals surface area contributed by atoms with Crippen molar-refractivity contribution in [2.75, 3.05) is 14.2 Å². The molecule has 0 bridgehead atoms. The molecule has 1 aromatic carbocycles. The molecule has 0 fully saturated rings. The van der Waals surface area contributed by atoms with Gasteiger partial charge in [0.1, 0.15) is 5.60 Å². The Labute approximate surface area is 112 Å². The van der Waals surface area contributed by atoms with E-state index in [1.165, 1.54) is 6.08 Å². The normalized spacial score (nSPS) is 21.7. The SMILES string of the molecule is COc1ccc(/C=C/C2(C)C=CC(=O)O2)cc1OC. The van der Waals surface area contributed by atoms with Gasteiger partial charge in [-0.1, -0.05) is 12.1 Å². The zero-order chi connectivity index (χ0) is 13.9. The van der Waals surface area contributed by atoms with Crippen molar-refractivity contribution in [2.24, 2.45) is 0 Å². The predicted molar refractivity (Wildman–Crippen MR) is 72.2 cm³/mol. The van der Waals surface area contributed by atoms with Crippen LogP contribution in [0.4, 0.5) is 0 Å². The Morgan fingerprint density at radius 1 is 1.21 bits per heavy atom. The highest BCUT2D eigenvalue weighted by atomic mass is 16.6. The van der Waals surface area contributed by atoms with Crippen LogP contribution in [0, 0.1) is 0 Å². The van der Waals surface area contributed by atoms with E-state index in [1.807, 2.05) is 37.3 Å². The summed E-state index contributed by atoms with van der Waals surface area (Å²) in [4.78, 5) is 11.1. The average Bonchev–Trinajstić information content (AvgIpc) is 2.76. The summed E-state index contributed by atoms with van der Waals surface area (Å²) in [5.74, 6) is 1.02. The number of hydrogen-bond donors (Lipinski definition) is 0. The maximum absolute atomic E-state index is 11.1. The molecule has 0 aliphatic carbocycles. The molecule has 0 saturated heterocycles. The lowest BCUT2D eigenvalue weighted by Gasteiger charge is -2.16. The summed E-state index contributed by atoms with van der Waals surface area (Å²) in [6.07, 6.45) is 6.87. The molecule has 4 nitrogen and oxygen atoms in total. The lowest BCUT2D eigenvalue weighted by atomic mass is 10.0. The summed E-state index contributed by atoms with van der Waals surface area (Å²) in [5.41, 5.74) is 0.264. The van der Waals surface area contributed by atoms with Gasteiger partial charge >= 0.3 is 5.97 Å². The maximum Gasteiger partial charge on any atom is 0.331 e. The number of carbonyl (C=O) groups is 1. The molecule has 0 radical (unpaired) electrons. The smallest absolute Gasteiger partial charge is 0.331 e. The molecule has 2 rings (SSSR count). The van der Waals surface area contributed by atoms with Crippen LogP contribution in [0.3, 0.4) is 0 Å². The van der Waals surface area contributed by atoms with Gasteiger partial charge in [-0.25, -0.2) is 4.79 Å². The van der Waals surface area contributed by atoms with Crippen molar-refractivity contribution < 1.29 is 19.0 Å². The lowest BCUT2D eigenvalue weighted by Crippen LogP contribution is -2.20. The van der Waals surface area contributed by atoms with Gasteiger partial charge in [0.15, 0.2) is 11.5 Å². The number of esters is 1. The number of benzene rings is 1. The van der Waals surface area contributed by atoms with E-state index in [0.29, 0.717) is 11.5 Å². The summed E-state index contributed by atoms with van der Waals surface area (Å²) < 4.78 is 15.6. The van der Waals surface area contributed by atoms with Crippen LogP contribution in [0.5, 0.6) is 11.5 Å². The molecule has 1 aromatic rings. The quantitative estimate of drug-likeness (QED) is 0.780. The monoisotopic (exact) mass is 260 g/mol. The Bertz CT molecular complexity index is 545. The van der Waals surface area contributed by atoms with Gasteiger partial charge in [-0.3, -0.25) is 0 Å². The van der Waals surface area contributed by atoms with Crippen molar-refractivity contribution in [3.05, 3.63) is 42.0 Å². The fourth-order valence-electron chi connectivity index (χ4n) is 1.83. The van der Waals surface area contributed by atoms with Crippen LogP contribution in [0.15, 0.2) is 36.4 Å². The van der Waals surface area contributed by atoms with Crippen LogP contribution in [-0.2, 0) is 9.53 Å². The Morgan fingerprint density at radius 2 is 1.95 bits per heavy atom. The first-order valence-corrected chi connectivity index (χ1v) is 5.90. The molecule has 0 amide bonds. The average molecular weight is 260 g/mol. The third-order valence-electron chi connectivity index (χ3n) is 2.89. The van der Waals surface area contributed by atoms with Gasteiger partial charge in [-0.15, -0.1) is 0 Å². The van der Waals surface area contributed by atoms with Crippen molar-refractivity contribution in [2.45, 2.75) is 12.5 Å². The van der Waals surface area contributed by atoms with Gasteiger partial charge in [0.05, 0.1) is 14.2 Å². The van der Waals surface area contributed by atoms with Crippen molar-refractivity contribution >= 4 is 12.0 Å². The molecule has 0 N–H and O–H groups in total. The third kappa shape index (κ3) is 2.96. The molecular weight excluding hydrogens is 244 g/mol. The van der Waals surface area contributed by atoms with Crippen LogP contribution in [-0.4, -0.2) is 25.8 Å². The first-order chi connectivity index (χ1) is 9.06. The van der Waals surface area contributed by atoms with Gasteiger partial charge in [0.25, 0.3) is 0 Å². The Balaban J connectivity index is 2.20. The summed E-state index contributed by atoms with van der Waals surface area (Å²) in [7, 11) is 3.19. The lowest BCUT2D eigenvalue weighted by molar-refractivity contribution is -0.141. The van der Waals surface area contributed by atoms with Crippen LogP contribution >= 0.6 is 0 Å². The number of rotatable bonds is 4.